The fourth-order valence-electron chi connectivity index (χ4n) is 3.44. The van der Waals surface area contributed by atoms with Gasteiger partial charge in [-0.15, -0.1) is 11.8 Å². The second kappa shape index (κ2) is 10.9. The minimum atomic E-state index is -0.196. The van der Waals surface area contributed by atoms with Gasteiger partial charge in [0.2, 0.25) is 0 Å². The Hall–Kier alpha value is -2.76. The Kier molecular flexibility index (Phi) is 7.94. The molecule has 1 unspecified atom stereocenters. The molecule has 0 saturated heterocycles. The Balaban J connectivity index is 1.67. The van der Waals surface area contributed by atoms with Crippen molar-refractivity contribution in [1.29, 1.82) is 0 Å². The number of nitrogens with one attached hydrogen (secondary N) is 2. The van der Waals surface area contributed by atoms with Crippen LogP contribution < -0.4 is 15.0 Å². The summed E-state index contributed by atoms with van der Waals surface area (Å²) < 4.78 is 5.27. The van der Waals surface area contributed by atoms with E-state index in [0.717, 1.165) is 28.3 Å². The lowest BCUT2D eigenvalue weighted by atomic mass is 9.98. The molecule has 0 radical (unpaired) electrons. The van der Waals surface area contributed by atoms with Crippen LogP contribution in [0.15, 0.2) is 83.8 Å². The topological polar surface area (TPSA) is 42.8 Å². The van der Waals surface area contributed by atoms with Crippen LogP contribution in [0.2, 0.25) is 0 Å². The normalized spacial score (nSPS) is 12.8. The second-order valence-electron chi connectivity index (χ2n) is 7.34. The van der Waals surface area contributed by atoms with Crippen LogP contribution in [0.25, 0.3) is 0 Å². The number of carbonyl (C=O) groups excluding carboxylic acids is 1. The average Bonchev–Trinajstić information content (AvgIpc) is 2.78. The number of hydrogen-bond donors (Lipinski definition) is 2. The number of carbonyl (C=O) groups is 1. The zero-order valence-electron chi connectivity index (χ0n) is 17.7. The molecule has 1 amide bonds. The molecule has 0 spiro atoms. The summed E-state index contributed by atoms with van der Waals surface area (Å²) in [6.45, 7) is 1.21. The Labute approximate surface area is 183 Å². The fraction of sp³-hybridized carbons (Fsp3) is 0.240. The first-order chi connectivity index (χ1) is 14.6. The maximum absolute atomic E-state index is 12.9. The van der Waals surface area contributed by atoms with Gasteiger partial charge in [0, 0.05) is 10.5 Å². The maximum atomic E-state index is 12.9. The monoisotopic (exact) mass is 421 g/mol. The van der Waals surface area contributed by atoms with E-state index in [2.05, 4.69) is 35.8 Å². The van der Waals surface area contributed by atoms with E-state index in [0.29, 0.717) is 6.54 Å². The highest BCUT2D eigenvalue weighted by Crippen LogP contribution is 2.24. The van der Waals surface area contributed by atoms with Crippen molar-refractivity contribution in [2.75, 3.05) is 27.0 Å². The van der Waals surface area contributed by atoms with Crippen LogP contribution >= 0.6 is 11.8 Å². The minimum absolute atomic E-state index is 0.0258. The summed E-state index contributed by atoms with van der Waals surface area (Å²) >= 11 is 1.73. The van der Waals surface area contributed by atoms with Crippen molar-refractivity contribution in [3.63, 3.8) is 0 Å². The van der Waals surface area contributed by atoms with Crippen LogP contribution in [-0.4, -0.2) is 32.9 Å². The van der Waals surface area contributed by atoms with Crippen molar-refractivity contribution in [2.45, 2.75) is 17.5 Å². The molecule has 0 aromatic heterocycles. The molecule has 0 aliphatic rings. The summed E-state index contributed by atoms with van der Waals surface area (Å²) in [6, 6.07) is 26.2. The Bertz CT molecular complexity index is 928. The van der Waals surface area contributed by atoms with Crippen LogP contribution in [0.3, 0.4) is 0 Å². The number of benzene rings is 3. The zero-order valence-corrected chi connectivity index (χ0v) is 18.5. The highest BCUT2D eigenvalue weighted by atomic mass is 32.2. The van der Waals surface area contributed by atoms with E-state index < -0.39 is 0 Å². The summed E-state index contributed by atoms with van der Waals surface area (Å²) in [5.41, 5.74) is 3.31. The summed E-state index contributed by atoms with van der Waals surface area (Å²) in [5.74, 6) is 0.825. The van der Waals surface area contributed by atoms with E-state index >= 15 is 0 Å². The zero-order chi connectivity index (χ0) is 21.3. The molecule has 2 N–H and O–H groups in total. The van der Waals surface area contributed by atoms with E-state index in [4.69, 9.17) is 4.74 Å². The summed E-state index contributed by atoms with van der Waals surface area (Å²) in [7, 11) is 3.70. The van der Waals surface area contributed by atoms with Crippen LogP contribution in [0, 0.1) is 0 Å². The van der Waals surface area contributed by atoms with Crippen LogP contribution in [0.5, 0.6) is 5.75 Å². The molecule has 3 aromatic rings. The number of rotatable bonds is 9. The predicted molar refractivity (Wildman–Crippen MR) is 123 cm³/mol. The SMILES string of the molecule is COc1ccc([C@@H](NC(=O)C[NH+](C)Cc2ccc(SC)cc2)c2ccccc2)cc1. The lowest BCUT2D eigenvalue weighted by Gasteiger charge is -2.21. The van der Waals surface area contributed by atoms with Crippen molar-refractivity contribution in [1.82, 2.24) is 5.32 Å². The third kappa shape index (κ3) is 6.12. The average molecular weight is 422 g/mol. The van der Waals surface area contributed by atoms with Gasteiger partial charge in [0.25, 0.3) is 5.91 Å². The third-order valence-corrected chi connectivity index (χ3v) is 5.76. The first-order valence-corrected chi connectivity index (χ1v) is 11.2. The van der Waals surface area contributed by atoms with Crippen molar-refractivity contribution in [3.05, 3.63) is 95.6 Å². The lowest BCUT2D eigenvalue weighted by molar-refractivity contribution is -0.885. The van der Waals surface area contributed by atoms with Gasteiger partial charge in [-0.2, -0.15) is 0 Å². The van der Waals surface area contributed by atoms with Crippen LogP contribution in [0.4, 0.5) is 0 Å². The molecule has 30 heavy (non-hydrogen) atoms. The molecule has 0 heterocycles. The van der Waals surface area contributed by atoms with E-state index in [1.807, 2.05) is 61.6 Å². The molecular formula is C25H29N2O2S+. The highest BCUT2D eigenvalue weighted by Gasteiger charge is 2.19. The van der Waals surface area contributed by atoms with E-state index in [1.54, 1.807) is 18.9 Å². The van der Waals surface area contributed by atoms with E-state index in [1.165, 1.54) is 10.5 Å². The number of amides is 1. The van der Waals surface area contributed by atoms with Gasteiger partial charge in [-0.05, 0) is 41.6 Å². The molecule has 2 atom stereocenters. The Morgan fingerprint density at radius 2 is 1.60 bits per heavy atom. The van der Waals surface area contributed by atoms with E-state index in [9.17, 15) is 4.79 Å². The second-order valence-corrected chi connectivity index (χ2v) is 8.22. The predicted octanol–water partition coefficient (Wildman–Crippen LogP) is 3.34. The van der Waals surface area contributed by atoms with Gasteiger partial charge in [-0.25, -0.2) is 0 Å². The Morgan fingerprint density at radius 3 is 2.20 bits per heavy atom. The van der Waals surface area contributed by atoms with Crippen molar-refractivity contribution >= 4 is 17.7 Å². The maximum Gasteiger partial charge on any atom is 0.275 e. The highest BCUT2D eigenvalue weighted by molar-refractivity contribution is 7.98. The molecule has 0 bridgehead atoms. The molecule has 156 valence electrons. The van der Waals surface area contributed by atoms with Gasteiger partial charge in [0.05, 0.1) is 20.2 Å². The lowest BCUT2D eigenvalue weighted by Crippen LogP contribution is -3.08. The molecule has 4 nitrogen and oxygen atoms in total. The van der Waals surface area contributed by atoms with Gasteiger partial charge in [-0.3, -0.25) is 4.79 Å². The summed E-state index contributed by atoms with van der Waals surface area (Å²) in [4.78, 5) is 15.3. The number of methoxy groups -OCH3 is 1. The summed E-state index contributed by atoms with van der Waals surface area (Å²) in [5, 5.41) is 3.22. The van der Waals surface area contributed by atoms with Gasteiger partial charge < -0.3 is 15.0 Å². The first-order valence-electron chi connectivity index (χ1n) is 10.0. The Morgan fingerprint density at radius 1 is 0.967 bits per heavy atom. The summed E-state index contributed by atoms with van der Waals surface area (Å²) in [6.07, 6.45) is 2.07. The molecule has 0 saturated carbocycles. The quantitative estimate of drug-likeness (QED) is 0.521. The first kappa shape index (κ1) is 21.9. The molecule has 0 aliphatic carbocycles. The number of quaternary nitrogens is 1. The largest absolute Gasteiger partial charge is 0.497 e. The van der Waals surface area contributed by atoms with E-state index in [-0.39, 0.29) is 11.9 Å². The molecule has 0 aliphatic heterocycles. The molecular weight excluding hydrogens is 392 g/mol. The van der Waals surface area contributed by atoms with Gasteiger partial charge in [0.1, 0.15) is 12.3 Å². The third-order valence-electron chi connectivity index (χ3n) is 5.01. The molecule has 3 aromatic carbocycles. The smallest absolute Gasteiger partial charge is 0.275 e. The molecule has 5 heteroatoms. The van der Waals surface area contributed by atoms with Gasteiger partial charge >= 0.3 is 0 Å². The number of thioether (sulfide) groups is 1. The fourth-order valence-corrected chi connectivity index (χ4v) is 3.85. The molecule has 3 rings (SSSR count). The number of hydrogen-bond acceptors (Lipinski definition) is 3. The van der Waals surface area contributed by atoms with Gasteiger partial charge in [-0.1, -0.05) is 54.6 Å². The number of ether oxygens (including phenoxy) is 1. The standard InChI is InChI=1S/C25H28N2O2S/c1-27(17-19-9-15-23(30-3)16-10-19)18-24(28)26-25(20-7-5-4-6-8-20)21-11-13-22(29-2)14-12-21/h4-16,25H,17-18H2,1-3H3,(H,26,28)/p+1/t25-/m0/s1. The van der Waals surface area contributed by atoms with Crippen LogP contribution in [-0.2, 0) is 11.3 Å². The molecule has 0 fully saturated rings. The number of likely N-dealkylation sites (N-methyl/N-ethyl adjacent to an activating group) is 1. The van der Waals surface area contributed by atoms with Crippen molar-refractivity contribution < 1.29 is 14.4 Å². The van der Waals surface area contributed by atoms with Crippen molar-refractivity contribution in [2.24, 2.45) is 0 Å². The van der Waals surface area contributed by atoms with Crippen molar-refractivity contribution in [3.8, 4) is 5.75 Å². The minimum Gasteiger partial charge on any atom is -0.497 e. The van der Waals surface area contributed by atoms with Crippen LogP contribution in [0.1, 0.15) is 22.7 Å². The van der Waals surface area contributed by atoms with Gasteiger partial charge in [0.15, 0.2) is 6.54 Å².